The zero-order chi connectivity index (χ0) is 13.0. The van der Waals surface area contributed by atoms with E-state index in [4.69, 9.17) is 4.98 Å². The van der Waals surface area contributed by atoms with Crippen LogP contribution in [0.2, 0.25) is 0 Å². The Morgan fingerprint density at radius 2 is 1.35 bits per heavy atom. The highest BCUT2D eigenvalue weighted by Crippen LogP contribution is 2.30. The maximum Gasteiger partial charge on any atom is 0.112 e. The molecule has 0 unspecified atom stereocenters. The molecule has 0 saturated carbocycles. The third kappa shape index (κ3) is 1.76. The van der Waals surface area contributed by atoms with Crippen molar-refractivity contribution < 1.29 is 0 Å². The topological polar surface area (TPSA) is 28.7 Å². The molecule has 17 heavy (non-hydrogen) atoms. The molecule has 0 atom stereocenters. The summed E-state index contributed by atoms with van der Waals surface area (Å²) in [4.78, 5) is 8.29. The van der Waals surface area contributed by atoms with Crippen molar-refractivity contribution in [1.29, 1.82) is 0 Å². The molecule has 0 radical (unpaired) electrons. The van der Waals surface area contributed by atoms with Crippen LogP contribution >= 0.6 is 0 Å². The SMILES string of the molecule is Cc1c(C)c(C)c2[nH]c(C(C)(C)C)nc2c1C. The second-order valence-corrected chi connectivity index (χ2v) is 6.06. The van der Waals surface area contributed by atoms with Crippen LogP contribution in [0.4, 0.5) is 0 Å². The zero-order valence-corrected chi connectivity index (χ0v) is 11.9. The van der Waals surface area contributed by atoms with Gasteiger partial charge in [-0.25, -0.2) is 4.98 Å². The fourth-order valence-electron chi connectivity index (χ4n) is 2.20. The molecular weight excluding hydrogens is 208 g/mol. The Hall–Kier alpha value is -1.31. The third-order valence-corrected chi connectivity index (χ3v) is 3.83. The molecule has 1 N–H and O–H groups in total. The summed E-state index contributed by atoms with van der Waals surface area (Å²) >= 11 is 0. The Morgan fingerprint density at radius 1 is 0.824 bits per heavy atom. The number of nitrogens with zero attached hydrogens (tertiary/aromatic N) is 1. The van der Waals surface area contributed by atoms with Gasteiger partial charge in [0.05, 0.1) is 11.0 Å². The highest BCUT2D eigenvalue weighted by atomic mass is 14.9. The molecule has 0 spiro atoms. The van der Waals surface area contributed by atoms with Gasteiger partial charge in [0.25, 0.3) is 0 Å². The van der Waals surface area contributed by atoms with Crippen LogP contribution in [0, 0.1) is 27.7 Å². The lowest BCUT2D eigenvalue weighted by atomic mass is 9.96. The van der Waals surface area contributed by atoms with Crippen LogP contribution < -0.4 is 0 Å². The number of imidazole rings is 1. The monoisotopic (exact) mass is 230 g/mol. The summed E-state index contributed by atoms with van der Waals surface area (Å²) < 4.78 is 0. The molecule has 2 rings (SSSR count). The molecule has 1 aromatic heterocycles. The van der Waals surface area contributed by atoms with Crippen molar-refractivity contribution in [2.24, 2.45) is 0 Å². The molecule has 1 aromatic carbocycles. The Labute approximate surface area is 103 Å². The average Bonchev–Trinajstić information content (AvgIpc) is 2.67. The molecule has 0 aliphatic rings. The van der Waals surface area contributed by atoms with E-state index in [0.29, 0.717) is 0 Å². The van der Waals surface area contributed by atoms with E-state index >= 15 is 0 Å². The lowest BCUT2D eigenvalue weighted by Crippen LogP contribution is -2.13. The van der Waals surface area contributed by atoms with Crippen LogP contribution in [0.1, 0.15) is 48.8 Å². The summed E-state index contributed by atoms with van der Waals surface area (Å²) in [5.41, 5.74) is 7.77. The lowest BCUT2D eigenvalue weighted by molar-refractivity contribution is 0.554. The first-order chi connectivity index (χ1) is 7.73. The van der Waals surface area contributed by atoms with Gasteiger partial charge in [-0.15, -0.1) is 0 Å². The van der Waals surface area contributed by atoms with Crippen LogP contribution in [-0.4, -0.2) is 9.97 Å². The second-order valence-electron chi connectivity index (χ2n) is 6.06. The first-order valence-corrected chi connectivity index (χ1v) is 6.20. The van der Waals surface area contributed by atoms with Crippen LogP contribution in [0.5, 0.6) is 0 Å². The summed E-state index contributed by atoms with van der Waals surface area (Å²) in [6, 6.07) is 0. The minimum absolute atomic E-state index is 0.0692. The second kappa shape index (κ2) is 3.59. The molecule has 0 aliphatic carbocycles. The number of rotatable bonds is 0. The summed E-state index contributed by atoms with van der Waals surface area (Å²) in [7, 11) is 0. The minimum atomic E-state index is 0.0692. The maximum atomic E-state index is 4.79. The van der Waals surface area contributed by atoms with Gasteiger partial charge in [-0.3, -0.25) is 0 Å². The largest absolute Gasteiger partial charge is 0.341 e. The van der Waals surface area contributed by atoms with E-state index in [0.717, 1.165) is 11.3 Å². The van der Waals surface area contributed by atoms with Gasteiger partial charge in [0, 0.05) is 5.41 Å². The molecule has 2 heteroatoms. The van der Waals surface area contributed by atoms with Crippen molar-refractivity contribution in [3.05, 3.63) is 28.1 Å². The number of benzene rings is 1. The van der Waals surface area contributed by atoms with Crippen molar-refractivity contribution in [1.82, 2.24) is 9.97 Å². The van der Waals surface area contributed by atoms with E-state index in [1.165, 1.54) is 27.8 Å². The highest BCUT2D eigenvalue weighted by molar-refractivity contribution is 5.84. The highest BCUT2D eigenvalue weighted by Gasteiger charge is 2.20. The quantitative estimate of drug-likeness (QED) is 0.725. The van der Waals surface area contributed by atoms with Gasteiger partial charge >= 0.3 is 0 Å². The fourth-order valence-corrected chi connectivity index (χ4v) is 2.20. The molecule has 0 bridgehead atoms. The minimum Gasteiger partial charge on any atom is -0.341 e. The van der Waals surface area contributed by atoms with Crippen molar-refractivity contribution in [2.45, 2.75) is 53.9 Å². The van der Waals surface area contributed by atoms with Gasteiger partial charge in [0.15, 0.2) is 0 Å². The lowest BCUT2D eigenvalue weighted by Gasteiger charge is -2.13. The predicted molar refractivity (Wildman–Crippen MR) is 73.7 cm³/mol. The molecule has 0 aliphatic heterocycles. The fraction of sp³-hybridized carbons (Fsp3) is 0.533. The Kier molecular flexibility index (Phi) is 2.57. The van der Waals surface area contributed by atoms with Gasteiger partial charge in [-0.2, -0.15) is 0 Å². The molecule has 2 nitrogen and oxygen atoms in total. The number of nitrogens with one attached hydrogen (secondary N) is 1. The number of hydrogen-bond donors (Lipinski definition) is 1. The number of aromatic nitrogens is 2. The van der Waals surface area contributed by atoms with Gasteiger partial charge in [-0.05, 0) is 49.9 Å². The molecule has 1 heterocycles. The van der Waals surface area contributed by atoms with Crippen LogP contribution in [0.3, 0.4) is 0 Å². The Morgan fingerprint density at radius 3 is 1.88 bits per heavy atom. The van der Waals surface area contributed by atoms with E-state index in [1.807, 2.05) is 0 Å². The maximum absolute atomic E-state index is 4.79. The summed E-state index contributed by atoms with van der Waals surface area (Å²) in [5.74, 6) is 1.07. The molecular formula is C15H22N2. The normalized spacial score (nSPS) is 12.4. The molecule has 0 saturated heterocycles. The van der Waals surface area contributed by atoms with E-state index in [9.17, 15) is 0 Å². The molecule has 92 valence electrons. The van der Waals surface area contributed by atoms with E-state index in [1.54, 1.807) is 0 Å². The smallest absolute Gasteiger partial charge is 0.112 e. The first kappa shape index (κ1) is 12.2. The third-order valence-electron chi connectivity index (χ3n) is 3.83. The predicted octanol–water partition coefficient (Wildman–Crippen LogP) is 4.09. The van der Waals surface area contributed by atoms with Gasteiger partial charge in [0.2, 0.25) is 0 Å². The van der Waals surface area contributed by atoms with Crippen molar-refractivity contribution in [3.8, 4) is 0 Å². The van der Waals surface area contributed by atoms with Crippen molar-refractivity contribution in [3.63, 3.8) is 0 Å². The van der Waals surface area contributed by atoms with Gasteiger partial charge in [-0.1, -0.05) is 20.8 Å². The summed E-state index contributed by atoms with van der Waals surface area (Å²) in [6.45, 7) is 15.3. The van der Waals surface area contributed by atoms with Crippen LogP contribution in [0.25, 0.3) is 11.0 Å². The standard InChI is InChI=1S/C15H22N2/c1-8-9(2)11(4)13-12(10(8)3)16-14(17-13)15(5,6)7/h1-7H3,(H,16,17). The average molecular weight is 230 g/mol. The summed E-state index contributed by atoms with van der Waals surface area (Å²) in [6.07, 6.45) is 0. The molecule has 0 fully saturated rings. The van der Waals surface area contributed by atoms with Crippen molar-refractivity contribution in [2.75, 3.05) is 0 Å². The Balaban J connectivity index is 2.86. The summed E-state index contributed by atoms with van der Waals surface area (Å²) in [5, 5.41) is 0. The van der Waals surface area contributed by atoms with Crippen LogP contribution in [-0.2, 0) is 5.41 Å². The Bertz CT molecular complexity index is 538. The van der Waals surface area contributed by atoms with E-state index in [2.05, 4.69) is 53.5 Å². The number of aromatic amines is 1. The van der Waals surface area contributed by atoms with Gasteiger partial charge in [0.1, 0.15) is 5.82 Å². The van der Waals surface area contributed by atoms with E-state index in [-0.39, 0.29) is 5.41 Å². The zero-order valence-electron chi connectivity index (χ0n) is 11.9. The van der Waals surface area contributed by atoms with Crippen LogP contribution in [0.15, 0.2) is 0 Å². The first-order valence-electron chi connectivity index (χ1n) is 6.20. The number of hydrogen-bond acceptors (Lipinski definition) is 1. The molecule has 2 aromatic rings. The van der Waals surface area contributed by atoms with Crippen molar-refractivity contribution >= 4 is 11.0 Å². The molecule has 0 amide bonds. The number of aryl methyl sites for hydroxylation is 2. The van der Waals surface area contributed by atoms with Gasteiger partial charge < -0.3 is 4.98 Å². The van der Waals surface area contributed by atoms with E-state index < -0.39 is 0 Å². The number of fused-ring (bicyclic) bond motifs is 1. The number of H-pyrrole nitrogens is 1.